The summed E-state index contributed by atoms with van der Waals surface area (Å²) in [5, 5.41) is 2.86. The van der Waals surface area contributed by atoms with Gasteiger partial charge < -0.3 is 4.57 Å². The van der Waals surface area contributed by atoms with E-state index in [1.165, 1.54) is 12.0 Å². The maximum Gasteiger partial charge on any atom is 0.257 e. The number of aryl methyl sites for hydroxylation is 1. The van der Waals surface area contributed by atoms with Crippen molar-refractivity contribution in [3.63, 3.8) is 0 Å². The minimum atomic E-state index is -0.122. The number of aromatic nitrogens is 2. The average molecular weight is 355 g/mol. The molecule has 0 saturated carbocycles. The second-order valence-corrected chi connectivity index (χ2v) is 6.92. The Labute approximate surface area is 155 Å². The highest BCUT2D eigenvalue weighted by Crippen LogP contribution is 2.19. The summed E-state index contributed by atoms with van der Waals surface area (Å²) in [6.45, 7) is 9.79. The molecule has 1 saturated heterocycles. The summed E-state index contributed by atoms with van der Waals surface area (Å²) in [5.74, 6) is 0.436. The molecule has 3 rings (SSSR count). The summed E-state index contributed by atoms with van der Waals surface area (Å²) in [7, 11) is 1.86. The number of hydrogen-bond acceptors (Lipinski definition) is 4. The zero-order valence-electron chi connectivity index (χ0n) is 16.0. The molecule has 1 aromatic heterocycles. The van der Waals surface area contributed by atoms with Gasteiger partial charge in [-0.3, -0.25) is 19.9 Å². The molecule has 0 aliphatic carbocycles. The molecule has 1 amide bonds. The molecule has 6 nitrogen and oxygen atoms in total. The lowest BCUT2D eigenvalue weighted by molar-refractivity contribution is 0.102. The van der Waals surface area contributed by atoms with Crippen LogP contribution in [0.5, 0.6) is 0 Å². The molecule has 1 aliphatic heterocycles. The Hall–Kier alpha value is -2.18. The molecule has 6 heteroatoms. The fraction of sp³-hybridized carbons (Fsp3) is 0.500. The number of likely N-dealkylation sites (tertiary alicyclic amines) is 1. The van der Waals surface area contributed by atoms with Crippen LogP contribution in [-0.4, -0.2) is 57.5 Å². The van der Waals surface area contributed by atoms with Crippen molar-refractivity contribution in [1.29, 1.82) is 0 Å². The van der Waals surface area contributed by atoms with Crippen LogP contribution in [-0.2, 0) is 13.6 Å². The van der Waals surface area contributed by atoms with Crippen molar-refractivity contribution >= 4 is 11.9 Å². The molecule has 1 atom stereocenters. The molecule has 140 valence electrons. The number of benzene rings is 1. The van der Waals surface area contributed by atoms with Crippen molar-refractivity contribution < 1.29 is 4.79 Å². The van der Waals surface area contributed by atoms with E-state index in [2.05, 4.69) is 40.0 Å². The van der Waals surface area contributed by atoms with Crippen LogP contribution in [0.1, 0.15) is 36.2 Å². The van der Waals surface area contributed by atoms with Gasteiger partial charge in [0.1, 0.15) is 0 Å². The zero-order valence-corrected chi connectivity index (χ0v) is 16.0. The largest absolute Gasteiger partial charge is 0.320 e. The van der Waals surface area contributed by atoms with E-state index in [-0.39, 0.29) is 5.91 Å². The Balaban J connectivity index is 1.61. The van der Waals surface area contributed by atoms with E-state index in [0.717, 1.165) is 32.7 Å². The standard InChI is InChI=1S/C20H29N5O/c1-4-25(5-2)18-9-11-24(15-18)14-16-7-6-8-17(13-16)19(26)22-20-21-10-12-23(20)3/h6-8,10,12-13,18H,4-5,9,11,14-15H2,1-3H3,(H,21,22,26)/t18-/m1/s1. The first-order valence-electron chi connectivity index (χ1n) is 9.44. The second kappa shape index (κ2) is 8.47. The number of likely N-dealkylation sites (N-methyl/N-ethyl adjacent to an activating group) is 1. The highest BCUT2D eigenvalue weighted by Gasteiger charge is 2.26. The average Bonchev–Trinajstić information content (AvgIpc) is 3.26. The first-order valence-corrected chi connectivity index (χ1v) is 9.44. The van der Waals surface area contributed by atoms with Crippen molar-refractivity contribution in [2.75, 3.05) is 31.5 Å². The Morgan fingerprint density at radius 3 is 2.85 bits per heavy atom. The summed E-state index contributed by atoms with van der Waals surface area (Å²) < 4.78 is 1.79. The van der Waals surface area contributed by atoms with Crippen LogP contribution in [0.25, 0.3) is 0 Å². The van der Waals surface area contributed by atoms with Gasteiger partial charge in [0.2, 0.25) is 5.95 Å². The normalized spacial score (nSPS) is 17.8. The molecular weight excluding hydrogens is 326 g/mol. The van der Waals surface area contributed by atoms with Gasteiger partial charge in [-0.25, -0.2) is 4.98 Å². The number of amides is 1. The SMILES string of the molecule is CCN(CC)[C@@H]1CCN(Cc2cccc(C(=O)Nc3nccn3C)c2)C1. The molecule has 26 heavy (non-hydrogen) atoms. The maximum atomic E-state index is 12.5. The molecule has 0 unspecified atom stereocenters. The number of carbonyl (C=O) groups is 1. The summed E-state index contributed by atoms with van der Waals surface area (Å²) in [5.41, 5.74) is 1.85. The topological polar surface area (TPSA) is 53.4 Å². The van der Waals surface area contributed by atoms with Gasteiger partial charge in [0, 0.05) is 50.7 Å². The fourth-order valence-corrected chi connectivity index (χ4v) is 3.72. The zero-order chi connectivity index (χ0) is 18.5. The monoisotopic (exact) mass is 355 g/mol. The van der Waals surface area contributed by atoms with Crippen LogP contribution < -0.4 is 5.32 Å². The Bertz CT molecular complexity index is 737. The third kappa shape index (κ3) is 4.31. The smallest absolute Gasteiger partial charge is 0.257 e. The van der Waals surface area contributed by atoms with Gasteiger partial charge in [0.25, 0.3) is 5.91 Å². The predicted molar refractivity (Wildman–Crippen MR) is 104 cm³/mol. The van der Waals surface area contributed by atoms with E-state index in [4.69, 9.17) is 0 Å². The first kappa shape index (κ1) is 18.6. The van der Waals surface area contributed by atoms with Gasteiger partial charge in [0.15, 0.2) is 0 Å². The molecule has 0 spiro atoms. The highest BCUT2D eigenvalue weighted by atomic mass is 16.1. The van der Waals surface area contributed by atoms with Crippen molar-refractivity contribution in [2.24, 2.45) is 7.05 Å². The highest BCUT2D eigenvalue weighted by molar-refractivity contribution is 6.03. The molecule has 1 N–H and O–H groups in total. The number of nitrogens with one attached hydrogen (secondary N) is 1. The summed E-state index contributed by atoms with van der Waals surface area (Å²) >= 11 is 0. The van der Waals surface area contributed by atoms with Gasteiger partial charge >= 0.3 is 0 Å². The third-order valence-electron chi connectivity index (χ3n) is 5.22. The predicted octanol–water partition coefficient (Wildman–Crippen LogP) is 2.59. The van der Waals surface area contributed by atoms with Gasteiger partial charge in [-0.2, -0.15) is 0 Å². The molecule has 0 bridgehead atoms. The van der Waals surface area contributed by atoms with Crippen LogP contribution in [0, 0.1) is 0 Å². The van der Waals surface area contributed by atoms with Crippen molar-refractivity contribution in [2.45, 2.75) is 32.9 Å². The fourth-order valence-electron chi connectivity index (χ4n) is 3.72. The minimum Gasteiger partial charge on any atom is -0.320 e. The van der Waals surface area contributed by atoms with Crippen LogP contribution in [0.3, 0.4) is 0 Å². The molecule has 1 fully saturated rings. The molecule has 0 radical (unpaired) electrons. The van der Waals surface area contributed by atoms with Gasteiger partial charge in [-0.05, 0) is 37.2 Å². The number of imidazole rings is 1. The summed E-state index contributed by atoms with van der Waals surface area (Å²) in [6, 6.07) is 8.55. The van der Waals surface area contributed by atoms with E-state index in [1.807, 2.05) is 31.4 Å². The third-order valence-corrected chi connectivity index (χ3v) is 5.22. The lowest BCUT2D eigenvalue weighted by Crippen LogP contribution is -2.37. The molecule has 2 heterocycles. The molecule has 1 aliphatic rings. The Morgan fingerprint density at radius 2 is 2.15 bits per heavy atom. The lowest BCUT2D eigenvalue weighted by atomic mass is 10.1. The van der Waals surface area contributed by atoms with Crippen LogP contribution in [0.15, 0.2) is 36.7 Å². The van der Waals surface area contributed by atoms with E-state index in [0.29, 0.717) is 17.6 Å². The van der Waals surface area contributed by atoms with Crippen LogP contribution >= 0.6 is 0 Å². The summed E-state index contributed by atoms with van der Waals surface area (Å²) in [4.78, 5) is 21.7. The van der Waals surface area contributed by atoms with E-state index >= 15 is 0 Å². The maximum absolute atomic E-state index is 12.5. The number of carbonyl (C=O) groups excluding carboxylic acids is 1. The van der Waals surface area contributed by atoms with Crippen LogP contribution in [0.2, 0.25) is 0 Å². The van der Waals surface area contributed by atoms with Gasteiger partial charge in [-0.1, -0.05) is 26.0 Å². The lowest BCUT2D eigenvalue weighted by Gasteiger charge is -2.26. The van der Waals surface area contributed by atoms with Crippen molar-refractivity contribution in [3.8, 4) is 0 Å². The Kier molecular flexibility index (Phi) is 6.06. The number of rotatable bonds is 7. The van der Waals surface area contributed by atoms with E-state index in [1.54, 1.807) is 10.8 Å². The molecule has 1 aromatic carbocycles. The number of anilines is 1. The molecular formula is C20H29N5O. The van der Waals surface area contributed by atoms with Crippen LogP contribution in [0.4, 0.5) is 5.95 Å². The minimum absolute atomic E-state index is 0.122. The summed E-state index contributed by atoms with van der Waals surface area (Å²) in [6.07, 6.45) is 4.71. The van der Waals surface area contributed by atoms with E-state index < -0.39 is 0 Å². The van der Waals surface area contributed by atoms with E-state index in [9.17, 15) is 4.79 Å². The Morgan fingerprint density at radius 1 is 1.35 bits per heavy atom. The van der Waals surface area contributed by atoms with Crippen molar-refractivity contribution in [1.82, 2.24) is 19.4 Å². The quantitative estimate of drug-likeness (QED) is 0.829. The number of nitrogens with zero attached hydrogens (tertiary/aromatic N) is 4. The van der Waals surface area contributed by atoms with Gasteiger partial charge in [0.05, 0.1) is 0 Å². The van der Waals surface area contributed by atoms with Crippen molar-refractivity contribution in [3.05, 3.63) is 47.8 Å². The second-order valence-electron chi connectivity index (χ2n) is 6.92. The first-order chi connectivity index (χ1) is 12.6. The molecule has 2 aromatic rings. The van der Waals surface area contributed by atoms with Gasteiger partial charge in [-0.15, -0.1) is 0 Å². The number of hydrogen-bond donors (Lipinski definition) is 1.